The van der Waals surface area contributed by atoms with E-state index in [1.807, 2.05) is 46.9 Å². The van der Waals surface area contributed by atoms with Crippen molar-refractivity contribution >= 4 is 50.3 Å². The SMILES string of the molecule is O=c1[nH]c(CSc2ccccc2Br)ncc1I. The van der Waals surface area contributed by atoms with E-state index in [9.17, 15) is 4.79 Å². The zero-order chi connectivity index (χ0) is 12.3. The molecule has 1 N–H and O–H groups in total. The quantitative estimate of drug-likeness (QED) is 0.608. The maximum atomic E-state index is 11.4. The minimum atomic E-state index is -0.0803. The Kier molecular flexibility index (Phi) is 4.63. The van der Waals surface area contributed by atoms with Gasteiger partial charge in [-0.15, -0.1) is 11.8 Å². The lowest BCUT2D eigenvalue weighted by Crippen LogP contribution is -2.13. The maximum absolute atomic E-state index is 11.4. The number of hydrogen-bond donors (Lipinski definition) is 1. The van der Waals surface area contributed by atoms with Crippen LogP contribution >= 0.6 is 50.3 Å². The number of nitrogens with zero attached hydrogens (tertiary/aromatic N) is 1. The highest BCUT2D eigenvalue weighted by molar-refractivity contribution is 14.1. The van der Waals surface area contributed by atoms with Crippen molar-refractivity contribution in [2.45, 2.75) is 10.6 Å². The molecular formula is C11H8BrIN2OS. The van der Waals surface area contributed by atoms with E-state index in [1.54, 1.807) is 18.0 Å². The fraction of sp³-hybridized carbons (Fsp3) is 0.0909. The number of halogens is 2. The molecule has 1 heterocycles. The van der Waals surface area contributed by atoms with Gasteiger partial charge in [0.2, 0.25) is 0 Å². The molecular weight excluding hydrogens is 415 g/mol. The summed E-state index contributed by atoms with van der Waals surface area (Å²) in [6.45, 7) is 0. The molecule has 0 atom stereocenters. The van der Waals surface area contributed by atoms with Crippen molar-refractivity contribution in [3.8, 4) is 0 Å². The minimum Gasteiger partial charge on any atom is -0.309 e. The molecule has 3 nitrogen and oxygen atoms in total. The molecule has 0 fully saturated rings. The molecule has 0 saturated heterocycles. The average Bonchev–Trinajstić information content (AvgIpc) is 2.32. The second-order valence-electron chi connectivity index (χ2n) is 3.23. The van der Waals surface area contributed by atoms with E-state index >= 15 is 0 Å². The molecule has 0 aliphatic carbocycles. The number of aromatic nitrogens is 2. The third kappa shape index (κ3) is 3.56. The fourth-order valence-corrected chi connectivity index (χ4v) is 2.92. The van der Waals surface area contributed by atoms with E-state index in [4.69, 9.17) is 0 Å². The normalized spacial score (nSPS) is 10.5. The van der Waals surface area contributed by atoms with E-state index in [2.05, 4.69) is 25.9 Å². The lowest BCUT2D eigenvalue weighted by atomic mass is 10.4. The van der Waals surface area contributed by atoms with E-state index in [0.717, 1.165) is 9.37 Å². The number of aromatic amines is 1. The van der Waals surface area contributed by atoms with Gasteiger partial charge in [0.15, 0.2) is 0 Å². The first-order valence-electron chi connectivity index (χ1n) is 4.78. The third-order valence-corrected chi connectivity index (χ3v) is 4.82. The summed E-state index contributed by atoms with van der Waals surface area (Å²) in [5.41, 5.74) is -0.0803. The molecule has 0 radical (unpaired) electrons. The largest absolute Gasteiger partial charge is 0.309 e. The Morgan fingerprint density at radius 1 is 1.41 bits per heavy atom. The second-order valence-corrected chi connectivity index (χ2v) is 6.26. The van der Waals surface area contributed by atoms with E-state index in [0.29, 0.717) is 15.1 Å². The van der Waals surface area contributed by atoms with E-state index in [-0.39, 0.29) is 5.56 Å². The Morgan fingerprint density at radius 2 is 2.18 bits per heavy atom. The van der Waals surface area contributed by atoms with Gasteiger partial charge >= 0.3 is 0 Å². The summed E-state index contributed by atoms with van der Waals surface area (Å²) in [5, 5.41) is 0. The summed E-state index contributed by atoms with van der Waals surface area (Å²) in [6.07, 6.45) is 1.59. The Balaban J connectivity index is 2.10. The summed E-state index contributed by atoms with van der Waals surface area (Å²) in [4.78, 5) is 19.5. The van der Waals surface area contributed by atoms with Crippen LogP contribution < -0.4 is 5.56 Å². The number of nitrogens with one attached hydrogen (secondary N) is 1. The molecule has 1 aromatic heterocycles. The molecule has 88 valence electrons. The smallest absolute Gasteiger partial charge is 0.264 e. The summed E-state index contributed by atoms with van der Waals surface area (Å²) >= 11 is 7.08. The number of benzene rings is 1. The van der Waals surface area contributed by atoms with Gasteiger partial charge in [-0.25, -0.2) is 4.98 Å². The fourth-order valence-electron chi connectivity index (χ4n) is 1.20. The van der Waals surface area contributed by atoms with Crippen LogP contribution in [0.1, 0.15) is 5.82 Å². The van der Waals surface area contributed by atoms with Gasteiger partial charge in [0.1, 0.15) is 5.82 Å². The van der Waals surface area contributed by atoms with Gasteiger partial charge < -0.3 is 4.98 Å². The summed E-state index contributed by atoms with van der Waals surface area (Å²) in [6, 6.07) is 7.97. The monoisotopic (exact) mass is 422 g/mol. The van der Waals surface area contributed by atoms with Crippen LogP contribution in [0.2, 0.25) is 0 Å². The zero-order valence-corrected chi connectivity index (χ0v) is 13.2. The third-order valence-electron chi connectivity index (χ3n) is 2.01. The predicted octanol–water partition coefficient (Wildman–Crippen LogP) is 3.43. The van der Waals surface area contributed by atoms with Crippen molar-refractivity contribution < 1.29 is 0 Å². The molecule has 0 unspecified atom stereocenters. The number of H-pyrrole nitrogens is 1. The van der Waals surface area contributed by atoms with Crippen molar-refractivity contribution in [3.05, 3.63) is 54.7 Å². The van der Waals surface area contributed by atoms with Gasteiger partial charge in [0.05, 0.1) is 9.32 Å². The standard InChI is InChI=1S/C11H8BrIN2OS/c12-7-3-1-2-4-9(7)17-6-10-14-5-8(13)11(16)15-10/h1-5H,6H2,(H,14,15,16). The van der Waals surface area contributed by atoms with Crippen molar-refractivity contribution in [1.82, 2.24) is 9.97 Å². The number of thioether (sulfide) groups is 1. The predicted molar refractivity (Wildman–Crippen MR) is 81.3 cm³/mol. The molecule has 0 bridgehead atoms. The highest BCUT2D eigenvalue weighted by Crippen LogP contribution is 2.28. The summed E-state index contributed by atoms with van der Waals surface area (Å²) in [5.74, 6) is 1.34. The Morgan fingerprint density at radius 3 is 2.88 bits per heavy atom. The molecule has 0 spiro atoms. The van der Waals surface area contributed by atoms with Gasteiger partial charge in [-0.2, -0.15) is 0 Å². The lowest BCUT2D eigenvalue weighted by molar-refractivity contribution is 0.989. The Labute approximate surface area is 125 Å². The second kappa shape index (κ2) is 6.01. The molecule has 17 heavy (non-hydrogen) atoms. The van der Waals surface area contributed by atoms with Crippen LogP contribution in [-0.2, 0) is 5.75 Å². The first-order chi connectivity index (χ1) is 8.16. The maximum Gasteiger partial charge on any atom is 0.264 e. The average molecular weight is 423 g/mol. The van der Waals surface area contributed by atoms with Gasteiger partial charge in [0, 0.05) is 15.6 Å². The molecule has 0 saturated carbocycles. The van der Waals surface area contributed by atoms with Gasteiger partial charge in [-0.05, 0) is 50.7 Å². The highest BCUT2D eigenvalue weighted by atomic mass is 127. The van der Waals surface area contributed by atoms with Gasteiger partial charge in [0.25, 0.3) is 5.56 Å². The zero-order valence-electron chi connectivity index (χ0n) is 8.61. The summed E-state index contributed by atoms with van der Waals surface area (Å²) in [7, 11) is 0. The Hall–Kier alpha value is -0.340. The van der Waals surface area contributed by atoms with Crippen LogP contribution in [-0.4, -0.2) is 9.97 Å². The van der Waals surface area contributed by atoms with Crippen LogP contribution in [0.15, 0.2) is 44.6 Å². The number of rotatable bonds is 3. The van der Waals surface area contributed by atoms with Crippen molar-refractivity contribution in [1.29, 1.82) is 0 Å². The molecule has 6 heteroatoms. The molecule has 0 aliphatic rings. The highest BCUT2D eigenvalue weighted by Gasteiger charge is 2.03. The van der Waals surface area contributed by atoms with Gasteiger partial charge in [-0.1, -0.05) is 12.1 Å². The lowest BCUT2D eigenvalue weighted by Gasteiger charge is -2.03. The molecule has 0 amide bonds. The van der Waals surface area contributed by atoms with E-state index in [1.165, 1.54) is 0 Å². The topological polar surface area (TPSA) is 45.8 Å². The number of hydrogen-bond acceptors (Lipinski definition) is 3. The summed E-state index contributed by atoms with van der Waals surface area (Å²) < 4.78 is 1.66. The van der Waals surface area contributed by atoms with Crippen molar-refractivity contribution in [2.75, 3.05) is 0 Å². The minimum absolute atomic E-state index is 0.0803. The van der Waals surface area contributed by atoms with Crippen LogP contribution in [0.5, 0.6) is 0 Å². The van der Waals surface area contributed by atoms with Crippen LogP contribution in [0.3, 0.4) is 0 Å². The molecule has 0 aliphatic heterocycles. The molecule has 2 aromatic rings. The van der Waals surface area contributed by atoms with Gasteiger partial charge in [-0.3, -0.25) is 4.79 Å². The molecule has 1 aromatic carbocycles. The van der Waals surface area contributed by atoms with E-state index < -0.39 is 0 Å². The van der Waals surface area contributed by atoms with Crippen molar-refractivity contribution in [3.63, 3.8) is 0 Å². The Bertz CT molecular complexity index is 588. The molecule has 2 rings (SSSR count). The van der Waals surface area contributed by atoms with Crippen molar-refractivity contribution in [2.24, 2.45) is 0 Å². The van der Waals surface area contributed by atoms with Crippen LogP contribution in [0.4, 0.5) is 0 Å². The first-order valence-corrected chi connectivity index (χ1v) is 7.63. The van der Waals surface area contributed by atoms with Crippen LogP contribution in [0.25, 0.3) is 0 Å². The first kappa shape index (κ1) is 13.1. The van der Waals surface area contributed by atoms with Crippen LogP contribution in [0, 0.1) is 3.57 Å².